The third-order valence-corrected chi connectivity index (χ3v) is 3.92. The van der Waals surface area contributed by atoms with Crippen LogP contribution in [-0.2, 0) is 4.79 Å². The van der Waals surface area contributed by atoms with E-state index >= 15 is 0 Å². The molecule has 1 heterocycles. The molecule has 122 valence electrons. The molecule has 0 aliphatic rings. The number of rotatable bonds is 5. The van der Waals surface area contributed by atoms with Crippen molar-refractivity contribution < 1.29 is 13.6 Å². The van der Waals surface area contributed by atoms with E-state index in [9.17, 15) is 13.6 Å². The second kappa shape index (κ2) is 7.18. The lowest BCUT2D eigenvalue weighted by Gasteiger charge is -2.07. The molecule has 3 aromatic rings. The molecule has 0 spiro atoms. The zero-order chi connectivity index (χ0) is 16.9. The number of carbonyl (C=O) groups is 1. The number of thioether (sulfide) groups is 1. The molecule has 0 unspecified atom stereocenters. The maximum absolute atomic E-state index is 13.5. The summed E-state index contributed by atoms with van der Waals surface area (Å²) < 4.78 is 28.5. The Kier molecular flexibility index (Phi) is 4.80. The summed E-state index contributed by atoms with van der Waals surface area (Å²) in [5.41, 5.74) is 0.274. The first-order valence-corrected chi connectivity index (χ1v) is 7.84. The van der Waals surface area contributed by atoms with Crippen LogP contribution in [0.15, 0.2) is 53.7 Å². The second-order valence-electron chi connectivity index (χ2n) is 4.64. The number of benzene rings is 2. The monoisotopic (exact) mass is 347 g/mol. The molecule has 0 saturated heterocycles. The Balaban J connectivity index is 1.67. The topological polar surface area (TPSA) is 72.7 Å². The van der Waals surface area contributed by atoms with E-state index in [4.69, 9.17) is 0 Å². The molecule has 0 radical (unpaired) electrons. The van der Waals surface area contributed by atoms with Gasteiger partial charge in [0.05, 0.1) is 11.4 Å². The van der Waals surface area contributed by atoms with Crippen molar-refractivity contribution in [3.8, 4) is 5.69 Å². The maximum atomic E-state index is 13.5. The molecule has 0 bridgehead atoms. The highest BCUT2D eigenvalue weighted by atomic mass is 32.2. The van der Waals surface area contributed by atoms with Gasteiger partial charge >= 0.3 is 0 Å². The smallest absolute Gasteiger partial charge is 0.235 e. The lowest BCUT2D eigenvalue weighted by Crippen LogP contribution is -2.16. The predicted molar refractivity (Wildman–Crippen MR) is 84.9 cm³/mol. The Hall–Kier alpha value is -2.81. The maximum Gasteiger partial charge on any atom is 0.235 e. The van der Waals surface area contributed by atoms with Gasteiger partial charge in [-0.3, -0.25) is 4.79 Å². The number of amides is 1. The minimum atomic E-state index is -0.831. The highest BCUT2D eigenvalue weighted by Crippen LogP contribution is 2.20. The van der Waals surface area contributed by atoms with E-state index < -0.39 is 23.2 Å². The van der Waals surface area contributed by atoms with Gasteiger partial charge in [0.15, 0.2) is 0 Å². The summed E-state index contributed by atoms with van der Waals surface area (Å²) in [6.45, 7) is 0. The normalized spacial score (nSPS) is 10.6. The summed E-state index contributed by atoms with van der Waals surface area (Å²) in [6.07, 6.45) is 0. The summed E-state index contributed by atoms with van der Waals surface area (Å²) in [5, 5.41) is 13.9. The number of aromatic nitrogens is 4. The van der Waals surface area contributed by atoms with Crippen molar-refractivity contribution in [1.29, 1.82) is 0 Å². The Bertz CT molecular complexity index is 836. The van der Waals surface area contributed by atoms with Crippen molar-refractivity contribution in [2.45, 2.75) is 5.16 Å². The van der Waals surface area contributed by atoms with Gasteiger partial charge in [-0.05, 0) is 34.7 Å². The van der Waals surface area contributed by atoms with Crippen LogP contribution in [0.5, 0.6) is 0 Å². The second-order valence-corrected chi connectivity index (χ2v) is 5.58. The minimum Gasteiger partial charge on any atom is -0.320 e. The molecular weight excluding hydrogens is 336 g/mol. The Labute approximate surface area is 139 Å². The minimum absolute atomic E-state index is 0.0962. The van der Waals surface area contributed by atoms with E-state index in [2.05, 4.69) is 20.8 Å². The van der Waals surface area contributed by atoms with Crippen molar-refractivity contribution in [2.75, 3.05) is 11.1 Å². The standard InChI is InChI=1S/C15H11F2N5OS/c16-11-7-4-8-12(17)14(11)18-13(23)9-24-15-19-20-21-22(15)10-5-2-1-3-6-10/h1-8H,9H2,(H,18,23). The Morgan fingerprint density at radius 1 is 1.08 bits per heavy atom. The van der Waals surface area contributed by atoms with E-state index in [1.807, 2.05) is 30.3 Å². The fourth-order valence-corrected chi connectivity index (χ4v) is 2.61. The molecular formula is C15H11F2N5OS. The van der Waals surface area contributed by atoms with Crippen LogP contribution in [0.4, 0.5) is 14.5 Å². The van der Waals surface area contributed by atoms with Crippen LogP contribution in [0.3, 0.4) is 0 Å². The molecule has 1 aromatic heterocycles. The van der Waals surface area contributed by atoms with Crippen LogP contribution >= 0.6 is 11.8 Å². The van der Waals surface area contributed by atoms with Crippen molar-refractivity contribution in [3.05, 3.63) is 60.2 Å². The first-order valence-electron chi connectivity index (χ1n) is 6.85. The number of para-hydroxylation sites is 2. The first kappa shape index (κ1) is 16.1. The number of carbonyl (C=O) groups excluding carboxylic acids is 1. The molecule has 1 amide bonds. The van der Waals surface area contributed by atoms with Gasteiger partial charge in [0, 0.05) is 0 Å². The fourth-order valence-electron chi connectivity index (χ4n) is 1.92. The number of anilines is 1. The Morgan fingerprint density at radius 2 is 1.79 bits per heavy atom. The molecule has 0 atom stereocenters. The fraction of sp³-hybridized carbons (Fsp3) is 0.0667. The number of halogens is 2. The van der Waals surface area contributed by atoms with Gasteiger partial charge in [-0.2, -0.15) is 4.68 Å². The predicted octanol–water partition coefficient (Wildman–Crippen LogP) is 2.67. The third-order valence-electron chi connectivity index (χ3n) is 3.00. The number of nitrogens with zero attached hydrogens (tertiary/aromatic N) is 4. The van der Waals surface area contributed by atoms with E-state index in [0.29, 0.717) is 5.16 Å². The molecule has 3 rings (SSSR count). The lowest BCUT2D eigenvalue weighted by atomic mass is 10.3. The number of hydrogen-bond donors (Lipinski definition) is 1. The molecule has 2 aromatic carbocycles. The molecule has 0 aliphatic carbocycles. The van der Waals surface area contributed by atoms with Crippen molar-refractivity contribution in [1.82, 2.24) is 20.2 Å². The van der Waals surface area contributed by atoms with Gasteiger partial charge in [0.25, 0.3) is 0 Å². The molecule has 1 N–H and O–H groups in total. The van der Waals surface area contributed by atoms with Gasteiger partial charge in [0.2, 0.25) is 11.1 Å². The zero-order valence-electron chi connectivity index (χ0n) is 12.2. The SMILES string of the molecule is O=C(CSc1nnnn1-c1ccccc1)Nc1c(F)cccc1F. The number of tetrazole rings is 1. The first-order chi connectivity index (χ1) is 11.6. The van der Waals surface area contributed by atoms with E-state index in [-0.39, 0.29) is 5.75 Å². The molecule has 0 fully saturated rings. The third kappa shape index (κ3) is 3.57. The van der Waals surface area contributed by atoms with Gasteiger partial charge in [0.1, 0.15) is 17.3 Å². The molecule has 6 nitrogen and oxygen atoms in total. The van der Waals surface area contributed by atoms with Gasteiger partial charge in [-0.15, -0.1) is 5.10 Å². The largest absolute Gasteiger partial charge is 0.320 e. The van der Waals surface area contributed by atoms with Crippen LogP contribution in [0.25, 0.3) is 5.69 Å². The molecule has 0 aliphatic heterocycles. The summed E-state index contributed by atoms with van der Waals surface area (Å²) in [6, 6.07) is 12.5. The molecule has 0 saturated carbocycles. The lowest BCUT2D eigenvalue weighted by molar-refractivity contribution is -0.113. The average molecular weight is 347 g/mol. The van der Waals surface area contributed by atoms with Crippen molar-refractivity contribution in [3.63, 3.8) is 0 Å². The number of nitrogens with one attached hydrogen (secondary N) is 1. The quantitative estimate of drug-likeness (QED) is 0.719. The van der Waals surface area contributed by atoms with Crippen LogP contribution in [0.2, 0.25) is 0 Å². The van der Waals surface area contributed by atoms with E-state index in [0.717, 1.165) is 29.6 Å². The van der Waals surface area contributed by atoms with Crippen LogP contribution in [0, 0.1) is 11.6 Å². The Morgan fingerprint density at radius 3 is 2.50 bits per heavy atom. The highest BCUT2D eigenvalue weighted by Gasteiger charge is 2.14. The average Bonchev–Trinajstić information content (AvgIpc) is 3.06. The molecule has 9 heteroatoms. The van der Waals surface area contributed by atoms with Gasteiger partial charge < -0.3 is 5.32 Å². The van der Waals surface area contributed by atoms with E-state index in [1.165, 1.54) is 10.7 Å². The van der Waals surface area contributed by atoms with Crippen LogP contribution < -0.4 is 5.32 Å². The summed E-state index contributed by atoms with van der Waals surface area (Å²) >= 11 is 1.06. The van der Waals surface area contributed by atoms with E-state index in [1.54, 1.807) is 0 Å². The highest BCUT2D eigenvalue weighted by molar-refractivity contribution is 7.99. The zero-order valence-corrected chi connectivity index (χ0v) is 13.0. The summed E-state index contributed by atoms with van der Waals surface area (Å²) in [7, 11) is 0. The van der Waals surface area contributed by atoms with Crippen molar-refractivity contribution >= 4 is 23.4 Å². The number of hydrogen-bond acceptors (Lipinski definition) is 5. The molecule has 24 heavy (non-hydrogen) atoms. The van der Waals surface area contributed by atoms with Gasteiger partial charge in [-0.25, -0.2) is 8.78 Å². The van der Waals surface area contributed by atoms with Crippen molar-refractivity contribution in [2.24, 2.45) is 0 Å². The van der Waals surface area contributed by atoms with Gasteiger partial charge in [-0.1, -0.05) is 36.0 Å². The summed E-state index contributed by atoms with van der Waals surface area (Å²) in [5.74, 6) is -2.32. The summed E-state index contributed by atoms with van der Waals surface area (Å²) in [4.78, 5) is 11.9. The van der Waals surface area contributed by atoms with Crippen LogP contribution in [-0.4, -0.2) is 31.9 Å². The van der Waals surface area contributed by atoms with Crippen LogP contribution in [0.1, 0.15) is 0 Å².